The summed E-state index contributed by atoms with van der Waals surface area (Å²) in [6.45, 7) is 4.34. The van der Waals surface area contributed by atoms with Crippen LogP contribution in [0.15, 0.2) is 122 Å². The molecule has 10 heteroatoms. The van der Waals surface area contributed by atoms with E-state index in [9.17, 15) is 19.0 Å². The number of nitrogens with zero attached hydrogens (tertiary/aromatic N) is 1. The summed E-state index contributed by atoms with van der Waals surface area (Å²) in [5.74, 6) is -0.807. The third-order valence-electron chi connectivity index (χ3n) is 17.3. The SMILES string of the molecule is CC/C=C\C/C=C\C/C=C\C/C=C\C/C=C\C/C=C\C/C=C\C/C=C\C/C=C\C/C=C\CCCCCCCCC(=O)OC(COC(=O)CCCCCCCCCCCCCCCCCCCCCCCCCCCCCCCCCCCC)COP(=O)(O)OCC[N+](C)(C)C. The normalized spacial score (nSPS) is 13.7. The van der Waals surface area contributed by atoms with Crippen molar-refractivity contribution in [3.63, 3.8) is 0 Å². The van der Waals surface area contributed by atoms with Gasteiger partial charge in [-0.2, -0.15) is 0 Å². The molecule has 0 bridgehead atoms. The van der Waals surface area contributed by atoms with E-state index in [1.54, 1.807) is 0 Å². The molecular formula is C85H151NO8P+. The lowest BCUT2D eigenvalue weighted by molar-refractivity contribution is -0.870. The molecule has 0 amide bonds. The van der Waals surface area contributed by atoms with Gasteiger partial charge in [0, 0.05) is 12.8 Å². The van der Waals surface area contributed by atoms with Crippen molar-refractivity contribution in [2.75, 3.05) is 47.5 Å². The van der Waals surface area contributed by atoms with Crippen LogP contribution in [0.25, 0.3) is 0 Å². The second kappa shape index (κ2) is 74.6. The van der Waals surface area contributed by atoms with Gasteiger partial charge in [-0.25, -0.2) is 4.57 Å². The minimum absolute atomic E-state index is 0.0244. The zero-order chi connectivity index (χ0) is 69.0. The third kappa shape index (κ3) is 79.3. The highest BCUT2D eigenvalue weighted by molar-refractivity contribution is 7.47. The molecule has 0 heterocycles. The second-order valence-corrected chi connectivity index (χ2v) is 29.2. The van der Waals surface area contributed by atoms with Gasteiger partial charge in [-0.1, -0.05) is 373 Å². The monoisotopic (exact) mass is 1350 g/mol. The van der Waals surface area contributed by atoms with Crippen molar-refractivity contribution in [1.82, 2.24) is 0 Å². The number of esters is 2. The molecule has 0 aliphatic carbocycles. The van der Waals surface area contributed by atoms with E-state index >= 15 is 0 Å². The largest absolute Gasteiger partial charge is 0.472 e. The van der Waals surface area contributed by atoms with Crippen LogP contribution in [0.2, 0.25) is 0 Å². The number of allylic oxidation sites excluding steroid dienone is 20. The van der Waals surface area contributed by atoms with Crippen molar-refractivity contribution in [3.8, 4) is 0 Å². The number of unbranched alkanes of at least 4 members (excludes halogenated alkanes) is 39. The highest BCUT2D eigenvalue weighted by Gasteiger charge is 2.27. The maximum absolute atomic E-state index is 12.9. The van der Waals surface area contributed by atoms with E-state index in [2.05, 4.69) is 135 Å². The first-order valence-corrected chi connectivity index (χ1v) is 41.3. The maximum Gasteiger partial charge on any atom is 0.472 e. The zero-order valence-corrected chi connectivity index (χ0v) is 63.5. The highest BCUT2D eigenvalue weighted by atomic mass is 31.2. The number of quaternary nitrogens is 1. The van der Waals surface area contributed by atoms with E-state index in [0.717, 1.165) is 122 Å². The Hall–Kier alpha value is -3.59. The second-order valence-electron chi connectivity index (χ2n) is 27.7. The molecule has 0 spiro atoms. The molecule has 0 fully saturated rings. The lowest BCUT2D eigenvalue weighted by Crippen LogP contribution is -2.37. The van der Waals surface area contributed by atoms with Crippen LogP contribution in [0.1, 0.15) is 354 Å². The predicted octanol–water partition coefficient (Wildman–Crippen LogP) is 26.6. The molecule has 548 valence electrons. The van der Waals surface area contributed by atoms with Crippen LogP contribution < -0.4 is 0 Å². The molecule has 0 aliphatic rings. The van der Waals surface area contributed by atoms with Gasteiger partial charge in [0.25, 0.3) is 0 Å². The van der Waals surface area contributed by atoms with Gasteiger partial charge >= 0.3 is 19.8 Å². The first-order valence-electron chi connectivity index (χ1n) is 39.8. The number of hydrogen-bond acceptors (Lipinski definition) is 7. The fraction of sp³-hybridized carbons (Fsp3) is 0.741. The molecule has 0 rings (SSSR count). The van der Waals surface area contributed by atoms with Crippen molar-refractivity contribution in [1.29, 1.82) is 0 Å². The van der Waals surface area contributed by atoms with Gasteiger partial charge in [0.15, 0.2) is 6.10 Å². The van der Waals surface area contributed by atoms with E-state index in [4.69, 9.17) is 18.5 Å². The van der Waals surface area contributed by atoms with Crippen LogP contribution >= 0.6 is 7.82 Å². The number of phosphoric ester groups is 1. The summed E-state index contributed by atoms with van der Waals surface area (Å²) in [4.78, 5) is 36.0. The van der Waals surface area contributed by atoms with Crippen LogP contribution in [-0.2, 0) is 32.7 Å². The molecule has 0 aromatic rings. The van der Waals surface area contributed by atoms with Crippen LogP contribution in [0, 0.1) is 0 Å². The van der Waals surface area contributed by atoms with Gasteiger partial charge in [0.2, 0.25) is 0 Å². The smallest absolute Gasteiger partial charge is 0.462 e. The van der Waals surface area contributed by atoms with Gasteiger partial charge in [0.1, 0.15) is 19.8 Å². The van der Waals surface area contributed by atoms with Gasteiger partial charge in [-0.05, 0) is 89.9 Å². The predicted molar refractivity (Wildman–Crippen MR) is 413 cm³/mol. The first kappa shape index (κ1) is 91.4. The fourth-order valence-electron chi connectivity index (χ4n) is 11.2. The van der Waals surface area contributed by atoms with Crippen LogP contribution in [0.4, 0.5) is 0 Å². The molecule has 0 aromatic carbocycles. The minimum atomic E-state index is -4.41. The molecule has 2 unspecified atom stereocenters. The minimum Gasteiger partial charge on any atom is -0.462 e. The number of hydrogen-bond donors (Lipinski definition) is 1. The van der Waals surface area contributed by atoms with Crippen LogP contribution in [0.5, 0.6) is 0 Å². The average Bonchev–Trinajstić information content (AvgIpc) is 1.80. The Balaban J connectivity index is 4.04. The number of carbonyl (C=O) groups is 2. The molecule has 0 saturated heterocycles. The Bertz CT molecular complexity index is 2020. The van der Waals surface area contributed by atoms with Crippen LogP contribution in [0.3, 0.4) is 0 Å². The van der Waals surface area contributed by atoms with Crippen molar-refractivity contribution < 1.29 is 42.1 Å². The molecule has 0 saturated carbocycles. The summed E-state index contributed by atoms with van der Waals surface area (Å²) in [6.07, 6.45) is 108. The van der Waals surface area contributed by atoms with E-state index in [-0.39, 0.29) is 32.0 Å². The maximum atomic E-state index is 12.9. The Labute approximate surface area is 588 Å². The summed E-state index contributed by atoms with van der Waals surface area (Å²) in [6, 6.07) is 0. The van der Waals surface area contributed by atoms with E-state index in [1.807, 2.05) is 21.1 Å². The lowest BCUT2D eigenvalue weighted by Gasteiger charge is -2.24. The van der Waals surface area contributed by atoms with Crippen molar-refractivity contribution in [2.24, 2.45) is 0 Å². The quantitative estimate of drug-likeness (QED) is 0.0211. The first-order chi connectivity index (χ1) is 46.5. The van der Waals surface area contributed by atoms with Gasteiger partial charge in [-0.15, -0.1) is 0 Å². The summed E-state index contributed by atoms with van der Waals surface area (Å²) < 4.78 is 34.8. The highest BCUT2D eigenvalue weighted by Crippen LogP contribution is 2.43. The summed E-state index contributed by atoms with van der Waals surface area (Å²) in [5, 5.41) is 0. The molecule has 0 radical (unpaired) electrons. The van der Waals surface area contributed by atoms with Crippen LogP contribution in [-0.4, -0.2) is 74.9 Å². The van der Waals surface area contributed by atoms with Gasteiger partial charge in [-0.3, -0.25) is 18.6 Å². The van der Waals surface area contributed by atoms with E-state index in [0.29, 0.717) is 17.4 Å². The van der Waals surface area contributed by atoms with E-state index < -0.39 is 26.5 Å². The zero-order valence-electron chi connectivity index (χ0n) is 62.6. The Morgan fingerprint density at radius 3 is 0.895 bits per heavy atom. The van der Waals surface area contributed by atoms with Gasteiger partial charge in [0.05, 0.1) is 27.7 Å². The Kier molecular flexibility index (Phi) is 71.8. The Morgan fingerprint density at radius 1 is 0.337 bits per heavy atom. The average molecular weight is 1350 g/mol. The number of likely N-dealkylation sites (N-methyl/N-ethyl adjacent to an activating group) is 1. The number of rotatable bonds is 73. The summed E-state index contributed by atoms with van der Waals surface area (Å²) in [5.41, 5.74) is 0. The molecule has 0 aliphatic heterocycles. The summed E-state index contributed by atoms with van der Waals surface area (Å²) >= 11 is 0. The fourth-order valence-corrected chi connectivity index (χ4v) is 12.0. The number of carbonyl (C=O) groups excluding carboxylic acids is 2. The van der Waals surface area contributed by atoms with E-state index in [1.165, 1.54) is 199 Å². The standard InChI is InChI=1S/C85H150NO8P/c1-6-8-10-12-14-16-18-20-22-24-26-28-30-32-34-36-38-40-42-43-44-46-48-50-52-54-56-58-60-62-64-66-68-70-72-74-76-78-85(88)94-83(82-93-95(89,90)92-80-79-86(3,4)5)81-91-84(87)77-75-73-71-69-67-65-63-61-59-57-55-53-51-49-47-45-41-39-37-35-33-31-29-27-25-23-21-19-17-15-13-11-9-7-2/h8,10,14,16,20,22,26,28,32,34,38,40,43-44,48,50,54,56,60,62,83H,6-7,9,11-13,15,17-19,21,23-25,27,29-31,33,35-37,39,41-42,45-47,49,51-53,55,57-59,61,63-82H2,1-5H3/p+1/b10-8-,16-14-,22-20-,28-26-,34-32-,40-38-,44-43-,50-48-,56-54-,62-60-. The number of ether oxygens (including phenoxy) is 2. The summed E-state index contributed by atoms with van der Waals surface area (Å²) in [7, 11) is 1.47. The molecule has 9 nitrogen and oxygen atoms in total. The molecule has 0 aromatic heterocycles. The molecule has 95 heavy (non-hydrogen) atoms. The molecule has 2 atom stereocenters. The van der Waals surface area contributed by atoms with Crippen molar-refractivity contribution >= 4 is 19.8 Å². The third-order valence-corrected chi connectivity index (χ3v) is 18.2. The topological polar surface area (TPSA) is 108 Å². The van der Waals surface area contributed by atoms with Crippen molar-refractivity contribution in [2.45, 2.75) is 360 Å². The lowest BCUT2D eigenvalue weighted by atomic mass is 10.0. The van der Waals surface area contributed by atoms with Crippen molar-refractivity contribution in [3.05, 3.63) is 122 Å². The number of phosphoric acid groups is 1. The van der Waals surface area contributed by atoms with Gasteiger partial charge < -0.3 is 18.9 Å². The molecule has 1 N–H and O–H groups in total. The molecular weight excluding hydrogens is 1190 g/mol. The Morgan fingerprint density at radius 2 is 0.600 bits per heavy atom.